The van der Waals surface area contributed by atoms with Crippen LogP contribution in [0, 0.1) is 6.92 Å². The number of benzene rings is 1. The third-order valence-electron chi connectivity index (χ3n) is 1.44. The van der Waals surface area contributed by atoms with Crippen LogP contribution < -0.4 is 0 Å². The minimum atomic E-state index is -0.493. The molecular weight excluding hydrogens is 263 g/mol. The van der Waals surface area contributed by atoms with Crippen molar-refractivity contribution in [3.63, 3.8) is 0 Å². The van der Waals surface area contributed by atoms with E-state index >= 15 is 0 Å². The second-order valence-corrected chi connectivity index (χ2v) is 3.91. The molecule has 0 aliphatic carbocycles. The van der Waals surface area contributed by atoms with E-state index in [9.17, 15) is 4.79 Å². The summed E-state index contributed by atoms with van der Waals surface area (Å²) in [7, 11) is 0. The van der Waals surface area contributed by atoms with Crippen molar-refractivity contribution >= 4 is 44.4 Å². The number of carbonyl (C=O) groups excluding carboxylic acids is 1. The summed E-state index contributed by atoms with van der Waals surface area (Å²) < 4.78 is 0.797. The van der Waals surface area contributed by atoms with E-state index in [-0.39, 0.29) is 0 Å². The summed E-state index contributed by atoms with van der Waals surface area (Å²) in [5.41, 5.74) is 1.31. The second-order valence-electron chi connectivity index (χ2n) is 2.36. The Morgan fingerprint density at radius 1 is 1.50 bits per heavy atom. The van der Waals surface area contributed by atoms with Crippen LogP contribution in [0.4, 0.5) is 0 Å². The number of rotatable bonds is 1. The monoisotopic (exact) mass is 266 g/mol. The lowest BCUT2D eigenvalue weighted by Gasteiger charge is -2.02. The van der Waals surface area contributed by atoms with Gasteiger partial charge in [0.1, 0.15) is 0 Å². The Hall–Kier alpha value is -0.0500. The van der Waals surface area contributed by atoms with Crippen LogP contribution in [0.5, 0.6) is 0 Å². The molecule has 0 amide bonds. The molecule has 0 aliphatic heterocycles. The Bertz CT molecular complexity index is 313. The zero-order valence-corrected chi connectivity index (χ0v) is 9.29. The molecule has 4 heteroatoms. The molecule has 0 saturated heterocycles. The molecule has 0 aliphatic rings. The van der Waals surface area contributed by atoms with Gasteiger partial charge >= 0.3 is 0 Å². The molecule has 0 N–H and O–H groups in total. The fourth-order valence-corrected chi connectivity index (χ4v) is 1.44. The van der Waals surface area contributed by atoms with Crippen molar-refractivity contribution in [2.75, 3.05) is 0 Å². The van der Waals surface area contributed by atoms with E-state index in [4.69, 9.17) is 23.2 Å². The normalized spacial score (nSPS) is 10.0. The molecule has 1 aromatic carbocycles. The molecule has 0 fully saturated rings. The predicted molar refractivity (Wildman–Crippen MR) is 54.1 cm³/mol. The van der Waals surface area contributed by atoms with Crippen molar-refractivity contribution in [1.29, 1.82) is 0 Å². The highest BCUT2D eigenvalue weighted by Crippen LogP contribution is 2.27. The quantitative estimate of drug-likeness (QED) is 0.708. The summed E-state index contributed by atoms with van der Waals surface area (Å²) in [6, 6.07) is 3.22. The topological polar surface area (TPSA) is 17.1 Å². The van der Waals surface area contributed by atoms with Gasteiger partial charge < -0.3 is 0 Å². The van der Waals surface area contributed by atoms with Crippen LogP contribution >= 0.6 is 39.1 Å². The first kappa shape index (κ1) is 10.0. The molecule has 1 nitrogen and oxygen atoms in total. The average molecular weight is 268 g/mol. The number of aryl methyl sites for hydroxylation is 1. The SMILES string of the molecule is Cc1cc(C(=O)Cl)cc(Cl)c1Br. The molecule has 1 rings (SSSR count). The third-order valence-corrected chi connectivity index (χ3v) is 3.23. The maximum atomic E-state index is 10.8. The summed E-state index contributed by atoms with van der Waals surface area (Å²) in [6.45, 7) is 1.85. The van der Waals surface area contributed by atoms with Crippen molar-refractivity contribution in [2.45, 2.75) is 6.92 Å². The van der Waals surface area contributed by atoms with Crippen LogP contribution in [0.25, 0.3) is 0 Å². The van der Waals surface area contributed by atoms with Crippen molar-refractivity contribution in [2.24, 2.45) is 0 Å². The first-order valence-corrected chi connectivity index (χ1v) is 4.72. The van der Waals surface area contributed by atoms with Crippen LogP contribution in [0.1, 0.15) is 15.9 Å². The molecule has 1 aromatic rings. The smallest absolute Gasteiger partial charge is 0.252 e. The van der Waals surface area contributed by atoms with E-state index in [0.717, 1.165) is 10.0 Å². The number of hydrogen-bond acceptors (Lipinski definition) is 1. The van der Waals surface area contributed by atoms with Gasteiger partial charge in [0, 0.05) is 10.0 Å². The van der Waals surface area contributed by atoms with Gasteiger partial charge in [0.15, 0.2) is 0 Å². The fraction of sp³-hybridized carbons (Fsp3) is 0.125. The molecule has 0 bridgehead atoms. The van der Waals surface area contributed by atoms with Crippen molar-refractivity contribution in [1.82, 2.24) is 0 Å². The number of carbonyl (C=O) groups is 1. The molecule has 0 saturated carbocycles. The minimum absolute atomic E-state index is 0.419. The van der Waals surface area contributed by atoms with Gasteiger partial charge in [0.05, 0.1) is 5.02 Å². The van der Waals surface area contributed by atoms with Gasteiger partial charge in [-0.05, 0) is 52.2 Å². The Kier molecular flexibility index (Phi) is 3.16. The third kappa shape index (κ3) is 2.00. The first-order valence-electron chi connectivity index (χ1n) is 3.18. The lowest BCUT2D eigenvalue weighted by atomic mass is 10.1. The largest absolute Gasteiger partial charge is 0.276 e. The standard InChI is InChI=1S/C8H5BrCl2O/c1-4-2-5(8(11)12)3-6(10)7(4)9/h2-3H,1H3. The van der Waals surface area contributed by atoms with Gasteiger partial charge in [-0.1, -0.05) is 11.6 Å². The Morgan fingerprint density at radius 3 is 2.50 bits per heavy atom. The predicted octanol–water partition coefficient (Wildman–Crippen LogP) is 3.79. The van der Waals surface area contributed by atoms with E-state index in [1.807, 2.05) is 6.92 Å². The van der Waals surface area contributed by atoms with E-state index in [1.54, 1.807) is 6.07 Å². The highest BCUT2D eigenvalue weighted by atomic mass is 79.9. The van der Waals surface area contributed by atoms with Crippen LogP contribution in [0.2, 0.25) is 5.02 Å². The first-order chi connectivity index (χ1) is 5.52. The molecule has 0 heterocycles. The number of halogens is 3. The Morgan fingerprint density at radius 2 is 2.08 bits per heavy atom. The highest BCUT2D eigenvalue weighted by Gasteiger charge is 2.07. The van der Waals surface area contributed by atoms with Crippen molar-refractivity contribution < 1.29 is 4.79 Å². The summed E-state index contributed by atoms with van der Waals surface area (Å²) in [4.78, 5) is 10.8. The molecule has 0 aromatic heterocycles. The van der Waals surface area contributed by atoms with Crippen molar-refractivity contribution in [3.05, 3.63) is 32.8 Å². The maximum Gasteiger partial charge on any atom is 0.252 e. The number of hydrogen-bond donors (Lipinski definition) is 0. The van der Waals surface area contributed by atoms with Crippen LogP contribution in [0.3, 0.4) is 0 Å². The van der Waals surface area contributed by atoms with Gasteiger partial charge in [0.2, 0.25) is 0 Å². The molecule has 12 heavy (non-hydrogen) atoms. The molecule has 0 unspecified atom stereocenters. The summed E-state index contributed by atoms with van der Waals surface area (Å²) in [5.74, 6) is 0. The highest BCUT2D eigenvalue weighted by molar-refractivity contribution is 9.10. The van der Waals surface area contributed by atoms with E-state index in [2.05, 4.69) is 15.9 Å². The molecule has 0 atom stereocenters. The van der Waals surface area contributed by atoms with Gasteiger partial charge in [-0.15, -0.1) is 0 Å². The van der Waals surface area contributed by atoms with Gasteiger partial charge in [-0.25, -0.2) is 0 Å². The zero-order chi connectivity index (χ0) is 9.30. The summed E-state index contributed by atoms with van der Waals surface area (Å²) in [6.07, 6.45) is 0. The zero-order valence-electron chi connectivity index (χ0n) is 6.20. The summed E-state index contributed by atoms with van der Waals surface area (Å²) >= 11 is 14.4. The maximum absolute atomic E-state index is 10.8. The Balaban J connectivity index is 3.31. The molecular formula is C8H5BrCl2O. The lowest BCUT2D eigenvalue weighted by Crippen LogP contribution is -1.90. The van der Waals surface area contributed by atoms with E-state index < -0.39 is 5.24 Å². The average Bonchev–Trinajstić information content (AvgIpc) is 1.99. The van der Waals surface area contributed by atoms with Crippen LogP contribution in [-0.4, -0.2) is 5.24 Å². The lowest BCUT2D eigenvalue weighted by molar-refractivity contribution is 0.108. The Labute approximate surface area is 88.8 Å². The fourth-order valence-electron chi connectivity index (χ4n) is 0.840. The second kappa shape index (κ2) is 3.77. The van der Waals surface area contributed by atoms with E-state index in [1.165, 1.54) is 6.07 Å². The van der Waals surface area contributed by atoms with Gasteiger partial charge in [0.25, 0.3) is 5.24 Å². The van der Waals surface area contributed by atoms with Crippen LogP contribution in [0.15, 0.2) is 16.6 Å². The minimum Gasteiger partial charge on any atom is -0.276 e. The molecule has 64 valence electrons. The summed E-state index contributed by atoms with van der Waals surface area (Å²) in [5, 5.41) is 0.00602. The molecule has 0 spiro atoms. The van der Waals surface area contributed by atoms with Crippen molar-refractivity contribution in [3.8, 4) is 0 Å². The molecule has 0 radical (unpaired) electrons. The van der Waals surface area contributed by atoms with Crippen LogP contribution in [-0.2, 0) is 0 Å². The van der Waals surface area contributed by atoms with E-state index in [0.29, 0.717) is 10.6 Å². The van der Waals surface area contributed by atoms with Gasteiger partial charge in [-0.3, -0.25) is 4.79 Å². The van der Waals surface area contributed by atoms with Gasteiger partial charge in [-0.2, -0.15) is 0 Å².